The summed E-state index contributed by atoms with van der Waals surface area (Å²) in [5.74, 6) is 0.354. The molecule has 0 aromatic carbocycles. The van der Waals surface area contributed by atoms with Gasteiger partial charge >= 0.3 is 0 Å². The van der Waals surface area contributed by atoms with Crippen molar-refractivity contribution in [2.75, 3.05) is 29.6 Å². The Morgan fingerprint density at radius 2 is 2.20 bits per heavy atom. The lowest BCUT2D eigenvalue weighted by Gasteiger charge is -2.07. The quantitative estimate of drug-likeness (QED) is 0.739. The number of nitrogens with two attached hydrogens (primary N) is 1. The Morgan fingerprint density at radius 1 is 1.53 bits per heavy atom. The van der Waals surface area contributed by atoms with Crippen LogP contribution in [0.5, 0.6) is 0 Å². The third-order valence-electron chi connectivity index (χ3n) is 1.60. The average molecular weight is 251 g/mol. The minimum atomic E-state index is -3.00. The first-order valence-electron chi connectivity index (χ1n) is 4.08. The number of rotatable bonds is 4. The number of nitrogen functional groups attached to an aromatic ring is 1. The highest BCUT2D eigenvalue weighted by Gasteiger charge is 2.06. The molecule has 0 aliphatic carbocycles. The van der Waals surface area contributed by atoms with Crippen molar-refractivity contribution in [3.8, 4) is 0 Å². The predicted molar refractivity (Wildman–Crippen MR) is 59.7 cm³/mol. The summed E-state index contributed by atoms with van der Waals surface area (Å²) >= 11 is 5.65. The van der Waals surface area contributed by atoms with Gasteiger partial charge in [-0.25, -0.2) is 18.4 Å². The molecule has 15 heavy (non-hydrogen) atoms. The number of hydrogen-bond donors (Lipinski definition) is 2. The minimum absolute atomic E-state index is 0.00800. The molecule has 0 saturated carbocycles. The zero-order chi connectivity index (χ0) is 11.5. The molecule has 0 amide bonds. The van der Waals surface area contributed by atoms with Crippen LogP contribution in [0.3, 0.4) is 0 Å². The van der Waals surface area contributed by atoms with Crippen molar-refractivity contribution < 1.29 is 8.42 Å². The van der Waals surface area contributed by atoms with Crippen molar-refractivity contribution in [2.45, 2.75) is 0 Å². The van der Waals surface area contributed by atoms with E-state index in [1.807, 2.05) is 0 Å². The Labute approximate surface area is 92.8 Å². The molecule has 0 aliphatic heterocycles. The summed E-state index contributed by atoms with van der Waals surface area (Å²) in [6, 6.07) is 0. The molecular formula is C7H11ClN4O2S. The predicted octanol–water partition coefficient (Wildman–Crippen LogP) is 0.169. The van der Waals surface area contributed by atoms with Crippen LogP contribution in [-0.2, 0) is 9.84 Å². The van der Waals surface area contributed by atoms with Gasteiger partial charge in [-0.1, -0.05) is 11.6 Å². The van der Waals surface area contributed by atoms with Crippen LogP contribution in [0.1, 0.15) is 0 Å². The summed E-state index contributed by atoms with van der Waals surface area (Å²) in [5, 5.41) is 2.92. The smallest absolute Gasteiger partial charge is 0.157 e. The number of hydrogen-bond acceptors (Lipinski definition) is 6. The molecule has 6 nitrogen and oxygen atoms in total. The van der Waals surface area contributed by atoms with E-state index in [4.69, 9.17) is 17.3 Å². The first-order valence-corrected chi connectivity index (χ1v) is 6.51. The molecule has 8 heteroatoms. The number of anilines is 2. The van der Waals surface area contributed by atoms with Crippen molar-refractivity contribution in [3.63, 3.8) is 0 Å². The van der Waals surface area contributed by atoms with Gasteiger partial charge in [0.05, 0.1) is 5.75 Å². The first kappa shape index (κ1) is 12.0. The summed E-state index contributed by atoms with van der Waals surface area (Å²) < 4.78 is 21.7. The molecule has 0 atom stereocenters. The third-order valence-corrected chi connectivity index (χ3v) is 2.85. The molecule has 0 saturated heterocycles. The zero-order valence-corrected chi connectivity index (χ0v) is 9.64. The van der Waals surface area contributed by atoms with Crippen LogP contribution >= 0.6 is 11.6 Å². The second-order valence-electron chi connectivity index (χ2n) is 2.98. The molecule has 3 N–H and O–H groups in total. The van der Waals surface area contributed by atoms with Crippen LogP contribution < -0.4 is 11.1 Å². The molecule has 84 valence electrons. The zero-order valence-electron chi connectivity index (χ0n) is 8.07. The monoisotopic (exact) mass is 250 g/mol. The summed E-state index contributed by atoms with van der Waals surface area (Å²) in [7, 11) is -3.00. The van der Waals surface area contributed by atoms with Crippen LogP contribution in [0.15, 0.2) is 6.33 Å². The van der Waals surface area contributed by atoms with Gasteiger partial charge in [0, 0.05) is 12.8 Å². The molecule has 1 aromatic heterocycles. The van der Waals surface area contributed by atoms with Gasteiger partial charge in [-0.3, -0.25) is 0 Å². The molecule has 0 spiro atoms. The maximum Gasteiger partial charge on any atom is 0.157 e. The van der Waals surface area contributed by atoms with Gasteiger partial charge in [0.2, 0.25) is 0 Å². The largest absolute Gasteiger partial charge is 0.393 e. The van der Waals surface area contributed by atoms with Crippen molar-refractivity contribution >= 4 is 32.9 Å². The van der Waals surface area contributed by atoms with E-state index in [-0.39, 0.29) is 23.1 Å². The number of nitrogens with one attached hydrogen (secondary N) is 1. The van der Waals surface area contributed by atoms with E-state index in [0.717, 1.165) is 6.26 Å². The van der Waals surface area contributed by atoms with Gasteiger partial charge < -0.3 is 11.1 Å². The van der Waals surface area contributed by atoms with Gasteiger partial charge in [0.1, 0.15) is 21.9 Å². The number of nitrogens with zero attached hydrogens (tertiary/aromatic N) is 2. The van der Waals surface area contributed by atoms with Crippen molar-refractivity contribution in [2.24, 2.45) is 0 Å². The Balaban J connectivity index is 2.62. The maximum atomic E-state index is 10.8. The fourth-order valence-corrected chi connectivity index (χ4v) is 1.48. The standard InChI is InChI=1S/C7H11ClN4O2S/c1-15(13,14)3-2-10-7-5(9)6(8)11-4-12-7/h4H,2-3,9H2,1H3,(H,10,11,12). The lowest BCUT2D eigenvalue weighted by atomic mass is 10.5. The topological polar surface area (TPSA) is 98.0 Å². The van der Waals surface area contributed by atoms with E-state index >= 15 is 0 Å². The van der Waals surface area contributed by atoms with E-state index in [1.165, 1.54) is 6.33 Å². The fraction of sp³-hybridized carbons (Fsp3) is 0.429. The highest BCUT2D eigenvalue weighted by atomic mass is 35.5. The van der Waals surface area contributed by atoms with Gasteiger partial charge in [-0.15, -0.1) is 0 Å². The molecule has 0 unspecified atom stereocenters. The minimum Gasteiger partial charge on any atom is -0.393 e. The van der Waals surface area contributed by atoms with Crippen molar-refractivity contribution in [1.29, 1.82) is 0 Å². The van der Waals surface area contributed by atoms with Crippen molar-refractivity contribution in [3.05, 3.63) is 11.5 Å². The lowest BCUT2D eigenvalue weighted by molar-refractivity contribution is 0.602. The van der Waals surface area contributed by atoms with Gasteiger partial charge in [0.15, 0.2) is 11.0 Å². The molecule has 1 aromatic rings. The number of halogens is 1. The van der Waals surface area contributed by atoms with E-state index in [0.29, 0.717) is 5.82 Å². The lowest BCUT2D eigenvalue weighted by Crippen LogP contribution is -2.15. The van der Waals surface area contributed by atoms with Crippen LogP contribution in [0.4, 0.5) is 11.5 Å². The summed E-state index contributed by atoms with van der Waals surface area (Å²) in [5.41, 5.74) is 5.78. The highest BCUT2D eigenvalue weighted by molar-refractivity contribution is 7.90. The molecule has 0 fully saturated rings. The molecule has 1 rings (SSSR count). The molecular weight excluding hydrogens is 240 g/mol. The van der Waals surface area contributed by atoms with E-state index in [1.54, 1.807) is 0 Å². The van der Waals surface area contributed by atoms with Gasteiger partial charge in [-0.05, 0) is 0 Å². The van der Waals surface area contributed by atoms with E-state index in [9.17, 15) is 8.42 Å². The van der Waals surface area contributed by atoms with E-state index in [2.05, 4.69) is 15.3 Å². The Kier molecular flexibility index (Phi) is 3.70. The fourth-order valence-electron chi connectivity index (χ4n) is 0.870. The second kappa shape index (κ2) is 4.63. The SMILES string of the molecule is CS(=O)(=O)CCNc1ncnc(Cl)c1N. The molecule has 1 heterocycles. The van der Waals surface area contributed by atoms with Crippen LogP contribution in [-0.4, -0.2) is 36.9 Å². The molecule has 0 bridgehead atoms. The maximum absolute atomic E-state index is 10.8. The molecule has 0 radical (unpaired) electrons. The van der Waals surface area contributed by atoms with Gasteiger partial charge in [-0.2, -0.15) is 0 Å². The van der Waals surface area contributed by atoms with Crippen LogP contribution in [0.2, 0.25) is 5.15 Å². The first-order chi connectivity index (χ1) is 6.90. The Morgan fingerprint density at radius 3 is 2.80 bits per heavy atom. The van der Waals surface area contributed by atoms with Crippen LogP contribution in [0, 0.1) is 0 Å². The van der Waals surface area contributed by atoms with Gasteiger partial charge in [0.25, 0.3) is 0 Å². The summed E-state index contributed by atoms with van der Waals surface area (Å²) in [4.78, 5) is 7.50. The summed E-state index contributed by atoms with van der Waals surface area (Å²) in [6.07, 6.45) is 2.41. The Hall–Kier alpha value is -1.08. The van der Waals surface area contributed by atoms with E-state index < -0.39 is 9.84 Å². The Bertz CT molecular complexity index is 448. The molecule has 0 aliphatic rings. The number of sulfone groups is 1. The third kappa shape index (κ3) is 3.88. The van der Waals surface area contributed by atoms with Crippen molar-refractivity contribution in [1.82, 2.24) is 9.97 Å². The normalized spacial score (nSPS) is 11.3. The number of aromatic nitrogens is 2. The second-order valence-corrected chi connectivity index (χ2v) is 5.60. The highest BCUT2D eigenvalue weighted by Crippen LogP contribution is 2.21. The average Bonchev–Trinajstić information content (AvgIpc) is 2.10. The van der Waals surface area contributed by atoms with Crippen LogP contribution in [0.25, 0.3) is 0 Å². The summed E-state index contributed by atoms with van der Waals surface area (Å²) in [6.45, 7) is 0.233.